The van der Waals surface area contributed by atoms with Crippen molar-refractivity contribution in [1.29, 1.82) is 0 Å². The Bertz CT molecular complexity index is 440. The molecule has 1 heterocycles. The third kappa shape index (κ3) is 3.94. The Morgan fingerprint density at radius 3 is 2.58 bits per heavy atom. The van der Waals surface area contributed by atoms with Gasteiger partial charge in [-0.1, -0.05) is 25.0 Å². The Morgan fingerprint density at radius 1 is 1.26 bits per heavy atom. The fraction of sp³-hybridized carbons (Fsp3) is 0.533. The zero-order valence-electron chi connectivity index (χ0n) is 11.4. The molecule has 0 aliphatic carbocycles. The summed E-state index contributed by atoms with van der Waals surface area (Å²) in [5.74, 6) is -0.221. The number of hydrogen-bond donors (Lipinski definition) is 1. The van der Waals surface area contributed by atoms with Crippen LogP contribution in [0.3, 0.4) is 0 Å². The van der Waals surface area contributed by atoms with Crippen LogP contribution < -0.4 is 5.32 Å². The zero-order chi connectivity index (χ0) is 13.7. The van der Waals surface area contributed by atoms with Crippen molar-refractivity contribution in [3.63, 3.8) is 0 Å². The predicted octanol–water partition coefficient (Wildman–Crippen LogP) is 3.22. The van der Waals surface area contributed by atoms with E-state index in [0.717, 1.165) is 31.5 Å². The molecule has 2 amide bonds. The highest BCUT2D eigenvalue weighted by Gasteiger charge is 2.14. The van der Waals surface area contributed by atoms with Crippen LogP contribution in [0.5, 0.6) is 0 Å². The summed E-state index contributed by atoms with van der Waals surface area (Å²) < 4.78 is 13.4. The van der Waals surface area contributed by atoms with E-state index in [4.69, 9.17) is 0 Å². The second-order valence-corrected chi connectivity index (χ2v) is 5.14. The van der Waals surface area contributed by atoms with E-state index < -0.39 is 0 Å². The zero-order valence-corrected chi connectivity index (χ0v) is 11.4. The van der Waals surface area contributed by atoms with Crippen molar-refractivity contribution >= 4 is 6.03 Å². The minimum absolute atomic E-state index is 0.0390. The standard InChI is InChI=1S/C15H21FN2O/c1-12-6-7-13(10-14(12)16)11-17-15(19)18-8-4-2-3-5-9-18/h6-7,10H,2-5,8-9,11H2,1H3,(H,17,19). The highest BCUT2D eigenvalue weighted by Crippen LogP contribution is 2.11. The van der Waals surface area contributed by atoms with Crippen LogP contribution in [0.25, 0.3) is 0 Å². The second-order valence-electron chi connectivity index (χ2n) is 5.14. The lowest BCUT2D eigenvalue weighted by Gasteiger charge is -2.20. The first-order valence-electron chi connectivity index (χ1n) is 6.94. The second kappa shape index (κ2) is 6.55. The highest BCUT2D eigenvalue weighted by molar-refractivity contribution is 5.74. The molecule has 1 aliphatic rings. The van der Waals surface area contributed by atoms with E-state index in [0.29, 0.717) is 12.1 Å². The average Bonchev–Trinajstić information content (AvgIpc) is 2.69. The van der Waals surface area contributed by atoms with Crippen molar-refractivity contribution in [1.82, 2.24) is 10.2 Å². The van der Waals surface area contributed by atoms with Gasteiger partial charge in [0.05, 0.1) is 0 Å². The summed E-state index contributed by atoms with van der Waals surface area (Å²) in [7, 11) is 0. The molecular weight excluding hydrogens is 243 g/mol. The highest BCUT2D eigenvalue weighted by atomic mass is 19.1. The fourth-order valence-electron chi connectivity index (χ4n) is 2.31. The molecule has 0 aromatic heterocycles. The van der Waals surface area contributed by atoms with E-state index in [-0.39, 0.29) is 11.8 Å². The van der Waals surface area contributed by atoms with Gasteiger partial charge in [0.1, 0.15) is 5.82 Å². The number of urea groups is 1. The lowest BCUT2D eigenvalue weighted by atomic mass is 10.1. The Hall–Kier alpha value is -1.58. The lowest BCUT2D eigenvalue weighted by molar-refractivity contribution is 0.199. The van der Waals surface area contributed by atoms with Crippen LogP contribution in [0.4, 0.5) is 9.18 Å². The number of amides is 2. The summed E-state index contributed by atoms with van der Waals surface area (Å²) in [5.41, 5.74) is 1.42. The van der Waals surface area contributed by atoms with E-state index >= 15 is 0 Å². The molecule has 1 saturated heterocycles. The Morgan fingerprint density at radius 2 is 1.95 bits per heavy atom. The van der Waals surface area contributed by atoms with E-state index in [1.54, 1.807) is 13.0 Å². The molecule has 0 unspecified atom stereocenters. The molecule has 1 fully saturated rings. The summed E-state index contributed by atoms with van der Waals surface area (Å²) in [6, 6.07) is 5.03. The first-order valence-corrected chi connectivity index (χ1v) is 6.94. The summed E-state index contributed by atoms with van der Waals surface area (Å²) in [5, 5.41) is 2.86. The lowest BCUT2D eigenvalue weighted by Crippen LogP contribution is -2.40. The summed E-state index contributed by atoms with van der Waals surface area (Å²) in [6.07, 6.45) is 4.55. The summed E-state index contributed by atoms with van der Waals surface area (Å²) >= 11 is 0. The third-order valence-electron chi connectivity index (χ3n) is 3.57. The number of nitrogens with one attached hydrogen (secondary N) is 1. The van der Waals surface area contributed by atoms with Crippen molar-refractivity contribution in [2.45, 2.75) is 39.2 Å². The maximum Gasteiger partial charge on any atom is 0.317 e. The van der Waals surface area contributed by atoms with Gasteiger partial charge in [-0.05, 0) is 37.0 Å². The van der Waals surface area contributed by atoms with E-state index in [1.807, 2.05) is 11.0 Å². The number of halogens is 1. The monoisotopic (exact) mass is 264 g/mol. The molecular formula is C15H21FN2O. The molecule has 0 radical (unpaired) electrons. The van der Waals surface area contributed by atoms with Crippen molar-refractivity contribution in [3.8, 4) is 0 Å². The van der Waals surface area contributed by atoms with Crippen molar-refractivity contribution in [3.05, 3.63) is 35.1 Å². The topological polar surface area (TPSA) is 32.3 Å². The quantitative estimate of drug-likeness (QED) is 0.874. The molecule has 1 N–H and O–H groups in total. The number of aryl methyl sites for hydroxylation is 1. The molecule has 0 saturated carbocycles. The van der Waals surface area contributed by atoms with E-state index in [1.165, 1.54) is 18.9 Å². The molecule has 3 nitrogen and oxygen atoms in total. The third-order valence-corrected chi connectivity index (χ3v) is 3.57. The van der Waals surface area contributed by atoms with Gasteiger partial charge < -0.3 is 10.2 Å². The van der Waals surface area contributed by atoms with Gasteiger partial charge in [-0.3, -0.25) is 0 Å². The number of likely N-dealkylation sites (tertiary alicyclic amines) is 1. The molecule has 4 heteroatoms. The molecule has 0 spiro atoms. The van der Waals surface area contributed by atoms with Crippen molar-refractivity contribution < 1.29 is 9.18 Å². The molecule has 19 heavy (non-hydrogen) atoms. The number of carbonyl (C=O) groups excluding carboxylic acids is 1. The number of hydrogen-bond acceptors (Lipinski definition) is 1. The minimum atomic E-state index is -0.221. The predicted molar refractivity (Wildman–Crippen MR) is 73.4 cm³/mol. The SMILES string of the molecule is Cc1ccc(CNC(=O)N2CCCCCC2)cc1F. The molecule has 1 aromatic rings. The smallest absolute Gasteiger partial charge is 0.317 e. The maximum absolute atomic E-state index is 13.4. The largest absolute Gasteiger partial charge is 0.334 e. The molecule has 0 bridgehead atoms. The van der Waals surface area contributed by atoms with E-state index in [9.17, 15) is 9.18 Å². The first-order chi connectivity index (χ1) is 9.16. The van der Waals surface area contributed by atoms with Gasteiger partial charge in [-0.2, -0.15) is 0 Å². The summed E-state index contributed by atoms with van der Waals surface area (Å²) in [6.45, 7) is 3.77. The average molecular weight is 264 g/mol. The summed E-state index contributed by atoms with van der Waals surface area (Å²) in [4.78, 5) is 13.9. The Balaban J connectivity index is 1.86. The van der Waals surface area contributed by atoms with Gasteiger partial charge in [0, 0.05) is 19.6 Å². The van der Waals surface area contributed by atoms with Crippen LogP contribution >= 0.6 is 0 Å². The molecule has 1 aliphatic heterocycles. The first kappa shape index (κ1) is 13.8. The maximum atomic E-state index is 13.4. The molecule has 0 atom stereocenters. The van der Waals surface area contributed by atoms with Crippen LogP contribution in [-0.4, -0.2) is 24.0 Å². The molecule has 1 aromatic carbocycles. The Kier molecular flexibility index (Phi) is 4.77. The van der Waals surface area contributed by atoms with Gasteiger partial charge in [0.15, 0.2) is 0 Å². The van der Waals surface area contributed by atoms with Gasteiger partial charge in [-0.15, -0.1) is 0 Å². The van der Waals surface area contributed by atoms with Crippen LogP contribution in [0.2, 0.25) is 0 Å². The van der Waals surface area contributed by atoms with Gasteiger partial charge in [0.25, 0.3) is 0 Å². The van der Waals surface area contributed by atoms with E-state index in [2.05, 4.69) is 5.32 Å². The van der Waals surface area contributed by atoms with Crippen LogP contribution in [0, 0.1) is 12.7 Å². The molecule has 104 valence electrons. The Labute approximate surface area is 113 Å². The van der Waals surface area contributed by atoms with Crippen molar-refractivity contribution in [2.75, 3.05) is 13.1 Å². The van der Waals surface area contributed by atoms with Crippen LogP contribution in [0.1, 0.15) is 36.8 Å². The normalized spacial score (nSPS) is 16.0. The number of nitrogens with zero attached hydrogens (tertiary/aromatic N) is 1. The van der Waals surface area contributed by atoms with Crippen molar-refractivity contribution in [2.24, 2.45) is 0 Å². The van der Waals surface area contributed by atoms with Gasteiger partial charge >= 0.3 is 6.03 Å². The molecule has 2 rings (SSSR count). The number of rotatable bonds is 2. The number of benzene rings is 1. The van der Waals surface area contributed by atoms with Gasteiger partial charge in [0.2, 0.25) is 0 Å². The van der Waals surface area contributed by atoms with Gasteiger partial charge in [-0.25, -0.2) is 9.18 Å². The fourth-order valence-corrected chi connectivity index (χ4v) is 2.31. The van der Waals surface area contributed by atoms with Crippen LogP contribution in [0.15, 0.2) is 18.2 Å². The minimum Gasteiger partial charge on any atom is -0.334 e. The number of carbonyl (C=O) groups is 1. The van der Waals surface area contributed by atoms with Crippen LogP contribution in [-0.2, 0) is 6.54 Å².